The minimum atomic E-state index is -5.18. The highest BCUT2D eigenvalue weighted by Gasteiger charge is 2.42. The summed E-state index contributed by atoms with van der Waals surface area (Å²) in [6.45, 7) is 0.470. The number of hydrogen-bond donors (Lipinski definition) is 2. The zero-order chi connectivity index (χ0) is 18.1. The molecule has 0 bridgehead atoms. The predicted molar refractivity (Wildman–Crippen MR) is 70.7 cm³/mol. The average Bonchev–Trinajstić information content (AvgIpc) is 2.48. The van der Waals surface area contributed by atoms with E-state index in [0.717, 1.165) is 0 Å². The number of halogens is 7. The van der Waals surface area contributed by atoms with Gasteiger partial charge in [-0.3, -0.25) is 4.90 Å². The molecule has 1 saturated heterocycles. The molecule has 1 aromatic carbocycles. The summed E-state index contributed by atoms with van der Waals surface area (Å²) in [7, 11) is 0. The molecule has 3 nitrogen and oxygen atoms in total. The molecule has 1 aliphatic heterocycles. The second kappa shape index (κ2) is 6.85. The van der Waals surface area contributed by atoms with Crippen molar-refractivity contribution in [3.63, 3.8) is 0 Å². The Labute approximate surface area is 133 Å². The van der Waals surface area contributed by atoms with E-state index in [1.807, 2.05) is 0 Å². The Morgan fingerprint density at radius 1 is 1.04 bits per heavy atom. The van der Waals surface area contributed by atoms with Gasteiger partial charge in [0, 0.05) is 31.7 Å². The van der Waals surface area contributed by atoms with E-state index in [9.17, 15) is 35.8 Å². The maximum absolute atomic E-state index is 14.2. The van der Waals surface area contributed by atoms with Gasteiger partial charge in [0.15, 0.2) is 0 Å². The van der Waals surface area contributed by atoms with Gasteiger partial charge in [-0.05, 0) is 12.1 Å². The molecule has 0 saturated carbocycles. The van der Waals surface area contributed by atoms with Gasteiger partial charge < -0.3 is 10.4 Å². The fourth-order valence-electron chi connectivity index (χ4n) is 2.74. The largest absolute Gasteiger partial charge is 0.416 e. The monoisotopic (exact) mass is 360 g/mol. The molecule has 0 spiro atoms. The molecule has 24 heavy (non-hydrogen) atoms. The van der Waals surface area contributed by atoms with Gasteiger partial charge in [0.05, 0.1) is 23.8 Å². The molecule has 0 radical (unpaired) electrons. The summed E-state index contributed by atoms with van der Waals surface area (Å²) in [5.41, 5.74) is -4.39. The number of hydrogen-bond acceptors (Lipinski definition) is 3. The molecule has 0 amide bonds. The van der Waals surface area contributed by atoms with Gasteiger partial charge in [-0.25, -0.2) is 4.39 Å². The van der Waals surface area contributed by atoms with Crippen molar-refractivity contribution in [3.05, 3.63) is 34.6 Å². The van der Waals surface area contributed by atoms with Crippen LogP contribution in [0.4, 0.5) is 30.7 Å². The Bertz CT molecular complexity index is 580. The molecule has 1 fully saturated rings. The fraction of sp³-hybridized carbons (Fsp3) is 0.571. The van der Waals surface area contributed by atoms with Crippen molar-refractivity contribution in [2.45, 2.75) is 18.4 Å². The maximum atomic E-state index is 14.2. The van der Waals surface area contributed by atoms with Gasteiger partial charge in [-0.15, -0.1) is 0 Å². The van der Waals surface area contributed by atoms with Crippen LogP contribution in [-0.4, -0.2) is 42.8 Å². The van der Waals surface area contributed by atoms with Crippen molar-refractivity contribution in [1.82, 2.24) is 10.2 Å². The molecule has 0 unspecified atom stereocenters. The van der Waals surface area contributed by atoms with Crippen LogP contribution in [0, 0.1) is 5.82 Å². The zero-order valence-electron chi connectivity index (χ0n) is 12.3. The van der Waals surface area contributed by atoms with Gasteiger partial charge in [0.2, 0.25) is 0 Å². The number of rotatable bonds is 3. The fourth-order valence-corrected chi connectivity index (χ4v) is 2.74. The smallest absolute Gasteiger partial charge is 0.394 e. The topological polar surface area (TPSA) is 35.5 Å². The summed E-state index contributed by atoms with van der Waals surface area (Å²) < 4.78 is 92.0. The summed E-state index contributed by atoms with van der Waals surface area (Å²) in [6, 6.07) is -1.44. The molecular formula is C14H15F7N2O. The summed E-state index contributed by atoms with van der Waals surface area (Å²) in [4.78, 5) is 1.41. The van der Waals surface area contributed by atoms with Crippen molar-refractivity contribution < 1.29 is 35.8 Å². The molecule has 2 N–H and O–H groups in total. The Morgan fingerprint density at radius 3 is 2.08 bits per heavy atom. The second-order valence-electron chi connectivity index (χ2n) is 5.40. The SMILES string of the molecule is OC[C@@H](c1c(F)cc(C(F)(F)F)cc1C(F)(F)F)N1CCNCC1. The lowest BCUT2D eigenvalue weighted by atomic mass is 9.95. The minimum absolute atomic E-state index is 0.0371. The van der Waals surface area contributed by atoms with E-state index in [1.54, 1.807) is 0 Å². The van der Waals surface area contributed by atoms with Crippen LogP contribution >= 0.6 is 0 Å². The van der Waals surface area contributed by atoms with E-state index in [1.165, 1.54) is 4.90 Å². The van der Waals surface area contributed by atoms with Crippen molar-refractivity contribution in [3.8, 4) is 0 Å². The number of aliphatic hydroxyl groups is 1. The van der Waals surface area contributed by atoms with Crippen molar-refractivity contribution >= 4 is 0 Å². The molecule has 0 aromatic heterocycles. The third-order valence-electron chi connectivity index (χ3n) is 3.86. The lowest BCUT2D eigenvalue weighted by Gasteiger charge is -2.35. The van der Waals surface area contributed by atoms with E-state index < -0.39 is 47.5 Å². The highest BCUT2D eigenvalue weighted by Crippen LogP contribution is 2.41. The van der Waals surface area contributed by atoms with Crippen LogP contribution in [0.1, 0.15) is 22.7 Å². The quantitative estimate of drug-likeness (QED) is 0.814. The molecule has 136 valence electrons. The number of alkyl halides is 6. The molecular weight excluding hydrogens is 345 g/mol. The standard InChI is InChI=1S/C14H15F7N2O/c15-10-6-8(13(16,17)18)5-9(14(19,20)21)12(10)11(7-24)23-3-1-22-2-4-23/h5-6,11,22,24H,1-4,7H2/t11-/m0/s1. The first-order chi connectivity index (χ1) is 11.1. The van der Waals surface area contributed by atoms with Crippen LogP contribution in [0.15, 0.2) is 12.1 Å². The summed E-state index contributed by atoms with van der Waals surface area (Å²) in [5, 5.41) is 12.4. The number of piperazine rings is 1. The van der Waals surface area contributed by atoms with Crippen LogP contribution < -0.4 is 5.32 Å². The van der Waals surface area contributed by atoms with Crippen molar-refractivity contribution in [2.24, 2.45) is 0 Å². The highest BCUT2D eigenvalue weighted by molar-refractivity contribution is 5.39. The predicted octanol–water partition coefficient (Wildman–Crippen LogP) is 2.80. The van der Waals surface area contributed by atoms with Crippen LogP contribution in [0.3, 0.4) is 0 Å². The summed E-state index contributed by atoms with van der Waals surface area (Å²) in [6.07, 6.45) is -10.3. The van der Waals surface area contributed by atoms with Crippen LogP contribution in [-0.2, 0) is 12.4 Å². The van der Waals surface area contributed by atoms with Gasteiger partial charge in [0.1, 0.15) is 5.82 Å². The minimum Gasteiger partial charge on any atom is -0.394 e. The van der Waals surface area contributed by atoms with E-state index in [-0.39, 0.29) is 25.2 Å². The Hall–Kier alpha value is -1.39. The van der Waals surface area contributed by atoms with E-state index in [2.05, 4.69) is 5.32 Å². The second-order valence-corrected chi connectivity index (χ2v) is 5.40. The number of nitrogens with zero attached hydrogens (tertiary/aromatic N) is 1. The first-order valence-electron chi connectivity index (χ1n) is 7.09. The van der Waals surface area contributed by atoms with Gasteiger partial charge >= 0.3 is 12.4 Å². The Morgan fingerprint density at radius 2 is 1.62 bits per heavy atom. The number of benzene rings is 1. The van der Waals surface area contributed by atoms with E-state index >= 15 is 0 Å². The molecule has 10 heteroatoms. The van der Waals surface area contributed by atoms with Crippen LogP contribution in [0.25, 0.3) is 0 Å². The number of aliphatic hydroxyl groups excluding tert-OH is 1. The third kappa shape index (κ3) is 3.98. The summed E-state index contributed by atoms with van der Waals surface area (Å²) in [5.74, 6) is -1.63. The molecule has 0 aliphatic carbocycles. The van der Waals surface area contributed by atoms with Crippen LogP contribution in [0.2, 0.25) is 0 Å². The van der Waals surface area contributed by atoms with Crippen molar-refractivity contribution in [1.29, 1.82) is 0 Å². The molecule has 1 aliphatic rings. The zero-order valence-corrected chi connectivity index (χ0v) is 12.3. The van der Waals surface area contributed by atoms with Crippen LogP contribution in [0.5, 0.6) is 0 Å². The lowest BCUT2D eigenvalue weighted by Crippen LogP contribution is -2.46. The Kier molecular flexibility index (Phi) is 5.41. The average molecular weight is 360 g/mol. The van der Waals surface area contributed by atoms with E-state index in [0.29, 0.717) is 13.1 Å². The molecule has 1 aromatic rings. The third-order valence-corrected chi connectivity index (χ3v) is 3.86. The Balaban J connectivity index is 2.58. The number of nitrogens with one attached hydrogen (secondary N) is 1. The van der Waals surface area contributed by atoms with Gasteiger partial charge in [-0.2, -0.15) is 26.3 Å². The van der Waals surface area contributed by atoms with Crippen molar-refractivity contribution in [2.75, 3.05) is 32.8 Å². The van der Waals surface area contributed by atoms with E-state index in [4.69, 9.17) is 0 Å². The summed E-state index contributed by atoms with van der Waals surface area (Å²) >= 11 is 0. The maximum Gasteiger partial charge on any atom is 0.416 e. The van der Waals surface area contributed by atoms with Gasteiger partial charge in [-0.1, -0.05) is 0 Å². The molecule has 2 rings (SSSR count). The first-order valence-corrected chi connectivity index (χ1v) is 7.09. The lowest BCUT2D eigenvalue weighted by molar-refractivity contribution is -0.144. The highest BCUT2D eigenvalue weighted by atomic mass is 19.4. The molecule has 1 heterocycles. The normalized spacial score (nSPS) is 18.7. The van der Waals surface area contributed by atoms with Gasteiger partial charge in [0.25, 0.3) is 0 Å². The molecule has 1 atom stereocenters. The first kappa shape index (κ1) is 18.9.